The van der Waals surface area contributed by atoms with Gasteiger partial charge in [0.1, 0.15) is 46.5 Å². The van der Waals surface area contributed by atoms with Crippen molar-refractivity contribution in [1.82, 2.24) is 15.2 Å². The summed E-state index contributed by atoms with van der Waals surface area (Å²) in [6.07, 6.45) is -0.786. The zero-order valence-corrected chi connectivity index (χ0v) is 39.1. The van der Waals surface area contributed by atoms with Crippen LogP contribution in [0.2, 0.25) is 0 Å². The van der Waals surface area contributed by atoms with Gasteiger partial charge in [-0.2, -0.15) is 0 Å². The van der Waals surface area contributed by atoms with E-state index in [1.807, 2.05) is 91.0 Å². The lowest BCUT2D eigenvalue weighted by Gasteiger charge is -2.49. The topological polar surface area (TPSA) is 235 Å². The number of hydrogen-bond acceptors (Lipinski definition) is 15. The molecule has 20 heteroatoms. The number of amides is 4. The van der Waals surface area contributed by atoms with Crippen molar-refractivity contribution in [2.75, 3.05) is 29.7 Å². The van der Waals surface area contributed by atoms with Gasteiger partial charge < -0.3 is 30.1 Å². The molecule has 67 heavy (non-hydrogen) atoms. The highest BCUT2D eigenvalue weighted by molar-refractivity contribution is 8.00. The molecule has 4 N–H and O–H groups in total. The molecule has 0 spiro atoms. The molecule has 1 aromatic heterocycles. The molecule has 2 aliphatic heterocycles. The number of thiazole rings is 1. The Labute approximate surface area is 394 Å². The van der Waals surface area contributed by atoms with E-state index in [9.17, 15) is 32.4 Å². The van der Waals surface area contributed by atoms with Gasteiger partial charge in [-0.05, 0) is 44.0 Å². The maximum Gasteiger partial charge on any atom is 0.413 e. The van der Waals surface area contributed by atoms with Crippen LogP contribution in [0.3, 0.4) is 0 Å². The van der Waals surface area contributed by atoms with Gasteiger partial charge in [-0.15, -0.1) is 23.1 Å². The van der Waals surface area contributed by atoms with Crippen LogP contribution in [-0.4, -0.2) is 95.2 Å². The van der Waals surface area contributed by atoms with Gasteiger partial charge in [-0.1, -0.05) is 108 Å². The van der Waals surface area contributed by atoms with E-state index in [0.717, 1.165) is 28.0 Å². The van der Waals surface area contributed by atoms with Crippen LogP contribution in [0.1, 0.15) is 48.7 Å². The van der Waals surface area contributed by atoms with Crippen molar-refractivity contribution in [2.45, 2.75) is 50.0 Å². The molecule has 1 unspecified atom stereocenters. The first-order chi connectivity index (χ1) is 32.0. The number of thioether (sulfide) groups is 1. The summed E-state index contributed by atoms with van der Waals surface area (Å²) in [5, 5.41) is 10.5. The molecule has 0 bridgehead atoms. The standard InChI is InChI=1S/C47H46N6O11S3/c1-46(2,3)63-45(58)51-44-49-35(26-66-44)37(52-64-47(31-14-8-5-9-15-31,32-16-10-6-11-17-32)33-18-12-7-13-19-33)40(55)50-38-41(56)53-39(43(57)62-24-29-20-22-34(61-4)23-21-29)30(25-65-42(38)53)27-67(59,60)28-36(48)54/h5-23,26,38,42H,24-25,27-28H2,1-4H3,(H2,48,54)(H,50,55)(H,49,51,58)/b52-37-/t38?,42-/m1/s1. The average molecular weight is 967 g/mol. The fourth-order valence-electron chi connectivity index (χ4n) is 7.29. The summed E-state index contributed by atoms with van der Waals surface area (Å²) in [4.78, 5) is 79.5. The minimum absolute atomic E-state index is 0.0163. The van der Waals surface area contributed by atoms with Crippen LogP contribution in [0.25, 0.3) is 0 Å². The van der Waals surface area contributed by atoms with E-state index in [2.05, 4.69) is 20.8 Å². The number of primary amides is 1. The summed E-state index contributed by atoms with van der Waals surface area (Å²) >= 11 is 2.08. The first kappa shape index (κ1) is 47.9. The normalized spacial score (nSPS) is 16.3. The Hall–Kier alpha value is -7.03. The number of nitrogens with zero attached hydrogens (tertiary/aromatic N) is 3. The third-order valence-electron chi connectivity index (χ3n) is 10.2. The molecular weight excluding hydrogens is 921 g/mol. The molecule has 4 amide bonds. The highest BCUT2D eigenvalue weighted by atomic mass is 32.2. The van der Waals surface area contributed by atoms with E-state index in [4.69, 9.17) is 24.8 Å². The Bertz CT molecular complexity index is 2720. The number of nitrogens with two attached hydrogens (primary N) is 1. The van der Waals surface area contributed by atoms with E-state index >= 15 is 0 Å². The minimum Gasteiger partial charge on any atom is -0.497 e. The number of fused-ring (bicyclic) bond motifs is 1. The van der Waals surface area contributed by atoms with E-state index in [1.165, 1.54) is 12.5 Å². The van der Waals surface area contributed by atoms with Crippen LogP contribution in [0.15, 0.2) is 137 Å². The summed E-state index contributed by atoms with van der Waals surface area (Å²) in [6.45, 7) is 4.88. The van der Waals surface area contributed by atoms with Gasteiger partial charge in [0.05, 0.1) is 12.9 Å². The fourth-order valence-corrected chi connectivity index (χ4v) is 10.8. The van der Waals surface area contributed by atoms with E-state index < -0.39 is 73.7 Å². The molecule has 0 aliphatic carbocycles. The number of sulfone groups is 1. The fraction of sp³-hybridized carbons (Fsp3) is 0.255. The summed E-state index contributed by atoms with van der Waals surface area (Å²) in [5.41, 5.74) is 4.81. The van der Waals surface area contributed by atoms with Crippen LogP contribution in [0, 0.1) is 0 Å². The smallest absolute Gasteiger partial charge is 0.413 e. The Balaban J connectivity index is 1.24. The van der Waals surface area contributed by atoms with E-state index in [-0.39, 0.29) is 40.2 Å². The number of ether oxygens (including phenoxy) is 3. The molecule has 17 nitrogen and oxygen atoms in total. The molecule has 0 radical (unpaired) electrons. The Morgan fingerprint density at radius 1 is 0.881 bits per heavy atom. The number of rotatable bonds is 17. The van der Waals surface area contributed by atoms with Gasteiger partial charge in [-0.25, -0.2) is 23.0 Å². The van der Waals surface area contributed by atoms with Crippen LogP contribution in [0.5, 0.6) is 5.75 Å². The van der Waals surface area contributed by atoms with E-state index in [0.29, 0.717) is 28.0 Å². The van der Waals surface area contributed by atoms with Crippen LogP contribution < -0.4 is 21.1 Å². The zero-order valence-electron chi connectivity index (χ0n) is 36.7. The number of aromatic nitrogens is 1. The summed E-state index contributed by atoms with van der Waals surface area (Å²) in [5.74, 6) is -5.00. The van der Waals surface area contributed by atoms with Crippen molar-refractivity contribution < 1.29 is 51.4 Å². The third-order valence-corrected chi connectivity index (χ3v) is 13.8. The highest BCUT2D eigenvalue weighted by Gasteiger charge is 2.55. The predicted octanol–water partition coefficient (Wildman–Crippen LogP) is 5.51. The first-order valence-corrected chi connectivity index (χ1v) is 24.4. The molecule has 2 aliphatic rings. The van der Waals surface area contributed by atoms with Crippen molar-refractivity contribution >= 4 is 73.6 Å². The Morgan fingerprint density at radius 2 is 1.46 bits per heavy atom. The summed E-state index contributed by atoms with van der Waals surface area (Å²) in [7, 11) is -2.67. The summed E-state index contributed by atoms with van der Waals surface area (Å²) < 4.78 is 42.3. The molecular formula is C47H46N6O11S3. The maximum atomic E-state index is 14.7. The number of hydrogen-bond donors (Lipinski definition) is 3. The van der Waals surface area contributed by atoms with Gasteiger partial charge in [0.25, 0.3) is 11.8 Å². The van der Waals surface area contributed by atoms with Crippen molar-refractivity contribution in [2.24, 2.45) is 10.9 Å². The number of esters is 1. The molecule has 2 atom stereocenters. The van der Waals surface area contributed by atoms with Gasteiger partial charge in [0, 0.05) is 27.8 Å². The average Bonchev–Trinajstić information content (AvgIpc) is 3.76. The number of oxime groups is 1. The summed E-state index contributed by atoms with van der Waals surface area (Å²) in [6, 6.07) is 33.2. The minimum atomic E-state index is -4.17. The van der Waals surface area contributed by atoms with Crippen LogP contribution >= 0.6 is 23.1 Å². The Kier molecular flexibility index (Phi) is 14.5. The maximum absolute atomic E-state index is 14.7. The van der Waals surface area contributed by atoms with Crippen molar-refractivity contribution in [3.63, 3.8) is 0 Å². The lowest BCUT2D eigenvalue weighted by molar-refractivity contribution is -0.153. The molecule has 0 saturated carbocycles. The number of carbonyl (C=O) groups is 5. The molecule has 1 fully saturated rings. The molecule has 348 valence electrons. The number of anilines is 1. The van der Waals surface area contributed by atoms with Gasteiger partial charge in [-0.3, -0.25) is 24.6 Å². The number of carbonyl (C=O) groups excluding carboxylic acids is 5. The number of methoxy groups -OCH3 is 1. The monoisotopic (exact) mass is 966 g/mol. The van der Waals surface area contributed by atoms with Gasteiger partial charge in [0.15, 0.2) is 20.7 Å². The predicted molar refractivity (Wildman–Crippen MR) is 251 cm³/mol. The number of benzene rings is 4. The SMILES string of the molecule is COc1ccc(COC(=O)C2=C(CS(=O)(=O)CC(N)=O)CS[C@@H]3C(NC(=O)/C(=N\OC(c4ccccc4)(c4ccccc4)c4ccccc4)c4csc(NC(=O)OC(C)(C)C)n4)C(=O)N23)cc1. The van der Waals surface area contributed by atoms with Crippen LogP contribution in [-0.2, 0) is 55.5 Å². The van der Waals surface area contributed by atoms with Crippen molar-refractivity contribution in [3.05, 3.63) is 160 Å². The molecule has 4 aromatic carbocycles. The second-order valence-corrected chi connectivity index (χ2v) is 20.2. The second-order valence-electron chi connectivity index (χ2n) is 16.2. The quantitative estimate of drug-likeness (QED) is 0.0343. The van der Waals surface area contributed by atoms with Gasteiger partial charge in [0.2, 0.25) is 11.5 Å². The van der Waals surface area contributed by atoms with Crippen molar-refractivity contribution in [3.8, 4) is 5.75 Å². The largest absolute Gasteiger partial charge is 0.497 e. The second kappa shape index (κ2) is 20.2. The molecule has 5 aromatic rings. The molecule has 7 rings (SSSR count). The first-order valence-electron chi connectivity index (χ1n) is 20.6. The number of β-lactam (4-membered cyclic amide) rings is 1. The van der Waals surface area contributed by atoms with E-state index in [1.54, 1.807) is 45.0 Å². The molecule has 1 saturated heterocycles. The van der Waals surface area contributed by atoms with Gasteiger partial charge >= 0.3 is 12.1 Å². The number of nitrogens with one attached hydrogen (secondary N) is 2. The van der Waals surface area contributed by atoms with Crippen LogP contribution in [0.4, 0.5) is 9.93 Å². The zero-order chi connectivity index (χ0) is 47.9. The lowest BCUT2D eigenvalue weighted by atomic mass is 9.80. The van der Waals surface area contributed by atoms with Crippen molar-refractivity contribution in [1.29, 1.82) is 0 Å². The highest BCUT2D eigenvalue weighted by Crippen LogP contribution is 2.43. The Morgan fingerprint density at radius 3 is 2.00 bits per heavy atom. The lowest BCUT2D eigenvalue weighted by Crippen LogP contribution is -2.71. The third kappa shape index (κ3) is 11.2. The molecule has 3 heterocycles.